The zero-order valence-electron chi connectivity index (χ0n) is 10.6. The number of hydrogen-bond donors (Lipinski definition) is 0. The van der Waals surface area contributed by atoms with E-state index in [1.54, 1.807) is 0 Å². The van der Waals surface area contributed by atoms with Crippen molar-refractivity contribution in [3.05, 3.63) is 63.1 Å². The predicted molar refractivity (Wildman–Crippen MR) is 85.1 cm³/mol. The van der Waals surface area contributed by atoms with E-state index in [1.165, 1.54) is 0 Å². The van der Waals surface area contributed by atoms with Crippen LogP contribution in [0.5, 0.6) is 0 Å². The van der Waals surface area contributed by atoms with Gasteiger partial charge in [-0.25, -0.2) is 0 Å². The first kappa shape index (κ1) is 13.5. The molecule has 0 N–H and O–H groups in total. The van der Waals surface area contributed by atoms with Gasteiger partial charge < -0.3 is 0 Å². The van der Waals surface area contributed by atoms with Crippen molar-refractivity contribution in [3.63, 3.8) is 0 Å². The minimum absolute atomic E-state index is 0.171. The minimum atomic E-state index is 0.171. The van der Waals surface area contributed by atoms with Crippen molar-refractivity contribution in [1.82, 2.24) is 0 Å². The largest absolute Gasteiger partial charge is 0.299 e. The van der Waals surface area contributed by atoms with Crippen molar-refractivity contribution in [2.45, 2.75) is 12.8 Å². The van der Waals surface area contributed by atoms with E-state index < -0.39 is 0 Å². The molecule has 1 aliphatic rings. The average molecular weight is 349 g/mol. The molecule has 1 heterocycles. The summed E-state index contributed by atoms with van der Waals surface area (Å²) in [7, 11) is 0. The molecule has 0 saturated heterocycles. The molecular formula is C16H11BrClNO. The highest BCUT2D eigenvalue weighted by molar-refractivity contribution is 9.10. The van der Waals surface area contributed by atoms with Gasteiger partial charge >= 0.3 is 0 Å². The summed E-state index contributed by atoms with van der Waals surface area (Å²) in [6, 6.07) is 13.3. The standard InChI is InChI=1S/C16H11BrClNO/c17-12-5-4-11-7-14(20)9-16(19-15(11)8-12)10-2-1-3-13(18)6-10/h1-6,8H,7,9H2. The Hall–Kier alpha value is -1.45. The SMILES string of the molecule is O=C1CC(c2cccc(Cl)c2)=Nc2cc(Br)ccc2C1. The molecule has 1 aliphatic heterocycles. The second kappa shape index (κ2) is 5.51. The summed E-state index contributed by atoms with van der Waals surface area (Å²) in [5.74, 6) is 0.171. The van der Waals surface area contributed by atoms with Gasteiger partial charge in [-0.2, -0.15) is 0 Å². The maximum atomic E-state index is 12.1. The molecule has 0 radical (unpaired) electrons. The van der Waals surface area contributed by atoms with Crippen LogP contribution in [0.4, 0.5) is 5.69 Å². The van der Waals surface area contributed by atoms with Crippen LogP contribution in [0.1, 0.15) is 17.5 Å². The highest BCUT2D eigenvalue weighted by Crippen LogP contribution is 2.29. The summed E-state index contributed by atoms with van der Waals surface area (Å²) < 4.78 is 0.958. The van der Waals surface area contributed by atoms with Crippen molar-refractivity contribution in [1.29, 1.82) is 0 Å². The molecule has 2 aromatic rings. The van der Waals surface area contributed by atoms with Crippen molar-refractivity contribution in [2.24, 2.45) is 4.99 Å². The summed E-state index contributed by atoms with van der Waals surface area (Å²) in [4.78, 5) is 16.7. The fourth-order valence-electron chi connectivity index (χ4n) is 2.27. The molecule has 4 heteroatoms. The van der Waals surface area contributed by atoms with Gasteiger partial charge in [-0.15, -0.1) is 0 Å². The zero-order valence-corrected chi connectivity index (χ0v) is 12.9. The van der Waals surface area contributed by atoms with E-state index in [4.69, 9.17) is 11.6 Å². The number of nitrogens with zero attached hydrogens (tertiary/aromatic N) is 1. The number of carbonyl (C=O) groups excluding carboxylic acids is 1. The van der Waals surface area contributed by atoms with Gasteiger partial charge in [0, 0.05) is 22.3 Å². The van der Waals surface area contributed by atoms with Crippen LogP contribution in [0.3, 0.4) is 0 Å². The van der Waals surface area contributed by atoms with Gasteiger partial charge in [-0.3, -0.25) is 9.79 Å². The van der Waals surface area contributed by atoms with Gasteiger partial charge in [0.1, 0.15) is 5.78 Å². The molecule has 0 bridgehead atoms. The normalized spacial score (nSPS) is 14.5. The van der Waals surface area contributed by atoms with Gasteiger partial charge in [0.15, 0.2) is 0 Å². The van der Waals surface area contributed by atoms with E-state index in [0.29, 0.717) is 17.9 Å². The van der Waals surface area contributed by atoms with E-state index >= 15 is 0 Å². The van der Waals surface area contributed by atoms with Crippen molar-refractivity contribution >= 4 is 44.7 Å². The summed E-state index contributed by atoms with van der Waals surface area (Å²) in [5.41, 5.74) is 3.49. The van der Waals surface area contributed by atoms with E-state index in [2.05, 4.69) is 20.9 Å². The van der Waals surface area contributed by atoms with E-state index in [9.17, 15) is 4.79 Å². The van der Waals surface area contributed by atoms with Crippen LogP contribution in [0.2, 0.25) is 5.02 Å². The molecule has 3 rings (SSSR count). The summed E-state index contributed by atoms with van der Waals surface area (Å²) >= 11 is 9.46. The topological polar surface area (TPSA) is 29.4 Å². The van der Waals surface area contributed by atoms with E-state index in [-0.39, 0.29) is 5.78 Å². The fraction of sp³-hybridized carbons (Fsp3) is 0.125. The molecule has 0 spiro atoms. The maximum Gasteiger partial charge on any atom is 0.143 e. The lowest BCUT2D eigenvalue weighted by Crippen LogP contribution is -2.08. The summed E-state index contributed by atoms with van der Waals surface area (Å²) in [5, 5.41) is 0.649. The predicted octanol–water partition coefficient (Wildman–Crippen LogP) is 4.74. The average Bonchev–Trinajstić information content (AvgIpc) is 2.56. The maximum absolute atomic E-state index is 12.1. The Morgan fingerprint density at radius 3 is 2.75 bits per heavy atom. The number of rotatable bonds is 1. The molecule has 2 nitrogen and oxygen atoms in total. The van der Waals surface area contributed by atoms with Crippen LogP contribution in [0, 0.1) is 0 Å². The third-order valence-electron chi connectivity index (χ3n) is 3.21. The number of carbonyl (C=O) groups is 1. The molecule has 0 aromatic heterocycles. The fourth-order valence-corrected chi connectivity index (χ4v) is 2.81. The molecule has 100 valence electrons. The van der Waals surface area contributed by atoms with Crippen LogP contribution in [-0.2, 0) is 11.2 Å². The monoisotopic (exact) mass is 347 g/mol. The highest BCUT2D eigenvalue weighted by Gasteiger charge is 2.18. The number of aliphatic imine (C=N–C) groups is 1. The molecular weight excluding hydrogens is 338 g/mol. The first-order valence-corrected chi connectivity index (χ1v) is 7.42. The lowest BCUT2D eigenvalue weighted by Gasteiger charge is -2.04. The van der Waals surface area contributed by atoms with Gasteiger partial charge in [-0.05, 0) is 35.4 Å². The van der Waals surface area contributed by atoms with Crippen LogP contribution in [-0.4, -0.2) is 11.5 Å². The van der Waals surface area contributed by atoms with Crippen LogP contribution in [0.15, 0.2) is 51.9 Å². The number of halogens is 2. The Balaban J connectivity index is 2.13. The quantitative estimate of drug-likeness (QED) is 0.732. The van der Waals surface area contributed by atoms with Crippen LogP contribution < -0.4 is 0 Å². The Morgan fingerprint density at radius 1 is 1.10 bits per heavy atom. The number of hydrogen-bond acceptors (Lipinski definition) is 2. The molecule has 0 amide bonds. The second-order valence-electron chi connectivity index (χ2n) is 4.73. The van der Waals surface area contributed by atoms with Crippen LogP contribution >= 0.6 is 27.5 Å². The number of ketones is 1. The molecule has 2 aromatic carbocycles. The van der Waals surface area contributed by atoms with Crippen molar-refractivity contribution in [3.8, 4) is 0 Å². The van der Waals surface area contributed by atoms with E-state index in [0.717, 1.165) is 27.0 Å². The van der Waals surface area contributed by atoms with Crippen molar-refractivity contribution in [2.75, 3.05) is 0 Å². The van der Waals surface area contributed by atoms with Crippen LogP contribution in [0.25, 0.3) is 0 Å². The third kappa shape index (κ3) is 2.84. The van der Waals surface area contributed by atoms with Gasteiger partial charge in [0.05, 0.1) is 11.4 Å². The summed E-state index contributed by atoms with van der Waals surface area (Å²) in [6.45, 7) is 0. The Bertz CT molecular complexity index is 724. The molecule has 0 saturated carbocycles. The first-order chi connectivity index (χ1) is 9.61. The Morgan fingerprint density at radius 2 is 1.95 bits per heavy atom. The Labute approximate surface area is 130 Å². The second-order valence-corrected chi connectivity index (χ2v) is 6.09. The van der Waals surface area contributed by atoms with E-state index in [1.807, 2.05) is 42.5 Å². The first-order valence-electron chi connectivity index (χ1n) is 6.25. The molecule has 0 unspecified atom stereocenters. The molecule has 0 fully saturated rings. The number of Topliss-reactive ketones (excluding diaryl/α,β-unsaturated/α-hetero) is 1. The lowest BCUT2D eigenvalue weighted by atomic mass is 10.0. The number of fused-ring (bicyclic) bond motifs is 1. The minimum Gasteiger partial charge on any atom is -0.299 e. The molecule has 0 atom stereocenters. The molecule has 20 heavy (non-hydrogen) atoms. The Kier molecular flexibility index (Phi) is 3.72. The molecule has 0 aliphatic carbocycles. The number of benzene rings is 2. The van der Waals surface area contributed by atoms with Crippen molar-refractivity contribution < 1.29 is 4.79 Å². The third-order valence-corrected chi connectivity index (χ3v) is 3.94. The van der Waals surface area contributed by atoms with Gasteiger partial charge in [-0.1, -0.05) is 45.7 Å². The summed E-state index contributed by atoms with van der Waals surface area (Å²) in [6.07, 6.45) is 0.767. The van der Waals surface area contributed by atoms with Gasteiger partial charge in [0.25, 0.3) is 0 Å². The zero-order chi connectivity index (χ0) is 14.1. The van der Waals surface area contributed by atoms with Gasteiger partial charge in [0.2, 0.25) is 0 Å². The smallest absolute Gasteiger partial charge is 0.143 e. The highest BCUT2D eigenvalue weighted by atomic mass is 79.9. The lowest BCUT2D eigenvalue weighted by molar-refractivity contribution is -0.117.